The third-order valence-electron chi connectivity index (χ3n) is 11.5. The average Bonchev–Trinajstić information content (AvgIpc) is 3.30. The standard InChI is InChI=1S/C51H88O14/c1-3-5-7-9-11-13-14-15-16-17-18-19-20-21-22-23-24-25-26-27-28-30-32-34-43(53)63-40(37-60-35-33-31-29-12-10-8-6-4-2)38-61-50-49(59)47(57)45(55)42(65-50)39-62-51-48(58)46(56)44(54)41(36-52)64-51/h5,7,11,13,15-16,18-19,21-22,40-42,44-52,54-59H,3-4,6,8-10,12,14,17,20,23-39H2,1-2H3/b7-5-,13-11-,16-15-,19-18-,22-21-. The number of rotatable bonds is 38. The molecule has 14 nitrogen and oxygen atoms in total. The van der Waals surface area contributed by atoms with Crippen LogP contribution in [0.2, 0.25) is 0 Å². The lowest BCUT2D eigenvalue weighted by molar-refractivity contribution is -0.332. The summed E-state index contributed by atoms with van der Waals surface area (Å²) in [6, 6.07) is 0. The molecule has 0 amide bonds. The minimum Gasteiger partial charge on any atom is -0.457 e. The van der Waals surface area contributed by atoms with E-state index < -0.39 is 86.7 Å². The number of ether oxygens (including phenoxy) is 6. The van der Waals surface area contributed by atoms with Crippen LogP contribution in [0.4, 0.5) is 0 Å². The summed E-state index contributed by atoms with van der Waals surface area (Å²) < 4.78 is 34.1. The van der Waals surface area contributed by atoms with Gasteiger partial charge in [0.1, 0.15) is 54.9 Å². The van der Waals surface area contributed by atoms with E-state index in [1.807, 2.05) is 0 Å². The van der Waals surface area contributed by atoms with Gasteiger partial charge in [-0.05, 0) is 57.8 Å². The van der Waals surface area contributed by atoms with Gasteiger partial charge in [0, 0.05) is 13.0 Å². The van der Waals surface area contributed by atoms with Crippen LogP contribution in [0.25, 0.3) is 0 Å². The Balaban J connectivity index is 1.72. The van der Waals surface area contributed by atoms with E-state index in [-0.39, 0.29) is 19.6 Å². The Morgan fingerprint density at radius 3 is 1.57 bits per heavy atom. The molecular formula is C51H88O14. The van der Waals surface area contributed by atoms with Gasteiger partial charge in [0.15, 0.2) is 12.6 Å². The van der Waals surface area contributed by atoms with Crippen molar-refractivity contribution >= 4 is 5.97 Å². The van der Waals surface area contributed by atoms with Crippen molar-refractivity contribution in [1.82, 2.24) is 0 Å². The number of esters is 1. The molecule has 2 saturated heterocycles. The highest BCUT2D eigenvalue weighted by molar-refractivity contribution is 5.69. The smallest absolute Gasteiger partial charge is 0.306 e. The molecule has 11 unspecified atom stereocenters. The largest absolute Gasteiger partial charge is 0.457 e. The lowest BCUT2D eigenvalue weighted by atomic mass is 9.98. The van der Waals surface area contributed by atoms with Crippen molar-refractivity contribution in [3.63, 3.8) is 0 Å². The molecule has 0 aliphatic carbocycles. The SMILES string of the molecule is CC/C=C\C/C=C\C/C=C\C/C=C\C/C=C\CCCCCCCCCC(=O)OC(COCCCCCCCCCC)COC1OC(COC2OC(CO)C(O)C(O)C2O)C(O)C(O)C1O. The van der Waals surface area contributed by atoms with Crippen LogP contribution in [0.5, 0.6) is 0 Å². The minimum atomic E-state index is -1.71. The molecule has 7 N–H and O–H groups in total. The summed E-state index contributed by atoms with van der Waals surface area (Å²) in [4.78, 5) is 13.0. The first kappa shape index (κ1) is 58.8. The molecule has 0 aromatic heterocycles. The van der Waals surface area contributed by atoms with E-state index in [1.54, 1.807) is 0 Å². The van der Waals surface area contributed by atoms with Crippen LogP contribution in [0.1, 0.15) is 155 Å². The molecule has 0 saturated carbocycles. The van der Waals surface area contributed by atoms with Gasteiger partial charge in [0.05, 0.1) is 26.4 Å². The molecule has 0 bridgehead atoms. The van der Waals surface area contributed by atoms with Gasteiger partial charge in [-0.1, -0.05) is 152 Å². The number of hydrogen-bond donors (Lipinski definition) is 7. The van der Waals surface area contributed by atoms with Crippen molar-refractivity contribution in [2.45, 2.75) is 223 Å². The third kappa shape index (κ3) is 26.7. The highest BCUT2D eigenvalue weighted by atomic mass is 16.7. The van der Waals surface area contributed by atoms with Crippen LogP contribution >= 0.6 is 0 Å². The molecule has 2 aliphatic rings. The Hall–Kier alpha value is -2.31. The second kappa shape index (κ2) is 38.6. The molecule has 65 heavy (non-hydrogen) atoms. The Morgan fingerprint density at radius 2 is 1.00 bits per heavy atom. The molecule has 0 radical (unpaired) electrons. The highest BCUT2D eigenvalue weighted by Gasteiger charge is 2.47. The van der Waals surface area contributed by atoms with Gasteiger partial charge in [0.2, 0.25) is 0 Å². The zero-order valence-electron chi connectivity index (χ0n) is 39.7. The molecule has 0 aromatic carbocycles. The fraction of sp³-hybridized carbons (Fsp3) is 0.784. The number of carbonyl (C=O) groups excluding carboxylic acids is 1. The second-order valence-electron chi connectivity index (χ2n) is 17.3. The van der Waals surface area contributed by atoms with Crippen LogP contribution in [0.3, 0.4) is 0 Å². The topological polar surface area (TPSA) is 214 Å². The zero-order chi connectivity index (χ0) is 47.3. The molecule has 0 aromatic rings. The quantitative estimate of drug-likeness (QED) is 0.0190. The van der Waals surface area contributed by atoms with E-state index in [9.17, 15) is 40.5 Å². The molecule has 2 heterocycles. The molecule has 376 valence electrons. The molecule has 0 spiro atoms. The molecule has 2 rings (SSSR count). The Morgan fingerprint density at radius 1 is 0.523 bits per heavy atom. The molecule has 14 heteroatoms. The van der Waals surface area contributed by atoms with Crippen molar-refractivity contribution in [2.24, 2.45) is 0 Å². The number of aliphatic hydroxyl groups is 7. The van der Waals surface area contributed by atoms with Crippen LogP contribution < -0.4 is 0 Å². The second-order valence-corrected chi connectivity index (χ2v) is 17.3. The van der Waals surface area contributed by atoms with Crippen LogP contribution in [0, 0.1) is 0 Å². The lowest BCUT2D eigenvalue weighted by Crippen LogP contribution is -2.61. The minimum absolute atomic E-state index is 0.0551. The van der Waals surface area contributed by atoms with Gasteiger partial charge >= 0.3 is 5.97 Å². The summed E-state index contributed by atoms with van der Waals surface area (Å²) >= 11 is 0. The molecule has 2 fully saturated rings. The van der Waals surface area contributed by atoms with Gasteiger partial charge in [0.25, 0.3) is 0 Å². The van der Waals surface area contributed by atoms with Crippen molar-refractivity contribution in [2.75, 3.05) is 33.0 Å². The normalized spacial score (nSPS) is 27.0. The number of carbonyl (C=O) groups is 1. The summed E-state index contributed by atoms with van der Waals surface area (Å²) in [5, 5.41) is 71.9. The van der Waals surface area contributed by atoms with Gasteiger partial charge in [-0.25, -0.2) is 0 Å². The van der Waals surface area contributed by atoms with Gasteiger partial charge in [-0.3, -0.25) is 4.79 Å². The van der Waals surface area contributed by atoms with E-state index >= 15 is 0 Å². The first-order valence-electron chi connectivity index (χ1n) is 24.9. The Bertz CT molecular complexity index is 1300. The molecule has 11 atom stereocenters. The van der Waals surface area contributed by atoms with Gasteiger partial charge in [-0.15, -0.1) is 0 Å². The van der Waals surface area contributed by atoms with Crippen LogP contribution in [-0.2, 0) is 33.2 Å². The number of unbranched alkanes of at least 4 members (excludes halogenated alkanes) is 14. The van der Waals surface area contributed by atoms with Crippen LogP contribution in [0.15, 0.2) is 60.8 Å². The monoisotopic (exact) mass is 925 g/mol. The highest BCUT2D eigenvalue weighted by Crippen LogP contribution is 2.26. The van der Waals surface area contributed by atoms with E-state index in [0.717, 1.165) is 83.5 Å². The van der Waals surface area contributed by atoms with E-state index in [2.05, 4.69) is 74.6 Å². The first-order chi connectivity index (χ1) is 31.6. The van der Waals surface area contributed by atoms with E-state index in [1.165, 1.54) is 44.9 Å². The number of allylic oxidation sites excluding steroid dienone is 10. The lowest BCUT2D eigenvalue weighted by Gasteiger charge is -2.42. The summed E-state index contributed by atoms with van der Waals surface area (Å²) in [7, 11) is 0. The van der Waals surface area contributed by atoms with Crippen LogP contribution in [-0.4, -0.2) is 142 Å². The molecule has 2 aliphatic heterocycles. The maximum Gasteiger partial charge on any atom is 0.306 e. The number of aliphatic hydroxyl groups excluding tert-OH is 7. The van der Waals surface area contributed by atoms with Crippen molar-refractivity contribution in [1.29, 1.82) is 0 Å². The first-order valence-corrected chi connectivity index (χ1v) is 24.9. The summed E-state index contributed by atoms with van der Waals surface area (Å²) in [6.45, 7) is 3.51. The Labute approximate surface area is 390 Å². The fourth-order valence-electron chi connectivity index (χ4n) is 7.49. The van der Waals surface area contributed by atoms with Crippen molar-refractivity contribution < 1.29 is 69.0 Å². The summed E-state index contributed by atoms with van der Waals surface area (Å²) in [6.07, 6.45) is 28.7. The van der Waals surface area contributed by atoms with Crippen molar-refractivity contribution in [3.8, 4) is 0 Å². The maximum absolute atomic E-state index is 13.0. The molecular weight excluding hydrogens is 837 g/mol. The number of hydrogen-bond acceptors (Lipinski definition) is 14. The third-order valence-corrected chi connectivity index (χ3v) is 11.5. The summed E-state index contributed by atoms with van der Waals surface area (Å²) in [5.74, 6) is -0.391. The van der Waals surface area contributed by atoms with Gasteiger partial charge < -0.3 is 64.2 Å². The van der Waals surface area contributed by atoms with E-state index in [4.69, 9.17) is 28.4 Å². The predicted octanol–water partition coefficient (Wildman–Crippen LogP) is 6.96. The van der Waals surface area contributed by atoms with E-state index in [0.29, 0.717) is 13.0 Å². The Kier molecular flexibility index (Phi) is 35.0. The maximum atomic E-state index is 13.0. The van der Waals surface area contributed by atoms with Gasteiger partial charge in [-0.2, -0.15) is 0 Å². The van der Waals surface area contributed by atoms with Crippen molar-refractivity contribution in [3.05, 3.63) is 60.8 Å². The summed E-state index contributed by atoms with van der Waals surface area (Å²) in [5.41, 5.74) is 0. The zero-order valence-corrected chi connectivity index (χ0v) is 39.7. The predicted molar refractivity (Wildman–Crippen MR) is 252 cm³/mol. The fourth-order valence-corrected chi connectivity index (χ4v) is 7.49. The average molecular weight is 925 g/mol.